The first-order valence-corrected chi connectivity index (χ1v) is 5.15. The van der Waals surface area contributed by atoms with E-state index in [2.05, 4.69) is 5.32 Å². The molecule has 8 heteroatoms. The molecular formula is C10H20N2O6. The number of aliphatic carboxylic acids is 2. The van der Waals surface area contributed by atoms with Crippen molar-refractivity contribution in [3.05, 3.63) is 0 Å². The van der Waals surface area contributed by atoms with E-state index < -0.39 is 23.6 Å². The summed E-state index contributed by atoms with van der Waals surface area (Å²) >= 11 is 0. The van der Waals surface area contributed by atoms with Gasteiger partial charge in [-0.25, -0.2) is 9.59 Å². The van der Waals surface area contributed by atoms with Crippen LogP contribution in [0.25, 0.3) is 0 Å². The number of carboxylic acids is 2. The number of carbonyl (C=O) groups excluding carboxylic acids is 1. The van der Waals surface area contributed by atoms with E-state index in [9.17, 15) is 4.79 Å². The van der Waals surface area contributed by atoms with Gasteiger partial charge < -0.3 is 26.4 Å². The quantitative estimate of drug-likeness (QED) is 0.399. The summed E-state index contributed by atoms with van der Waals surface area (Å²) in [6.07, 6.45) is -0.457. The molecule has 0 heterocycles. The summed E-state index contributed by atoms with van der Waals surface area (Å²) < 4.78 is 0. The molecule has 0 saturated heterocycles. The number of aliphatic hydroxyl groups excluding tert-OH is 1. The smallest absolute Gasteiger partial charge is 0.414 e. The summed E-state index contributed by atoms with van der Waals surface area (Å²) in [5.41, 5.74) is 5.24. The van der Waals surface area contributed by atoms with Crippen molar-refractivity contribution in [2.45, 2.75) is 38.8 Å². The van der Waals surface area contributed by atoms with E-state index in [0.717, 1.165) is 0 Å². The molecule has 0 aromatic rings. The van der Waals surface area contributed by atoms with Gasteiger partial charge in [0.2, 0.25) is 5.91 Å². The van der Waals surface area contributed by atoms with Gasteiger partial charge >= 0.3 is 11.9 Å². The highest BCUT2D eigenvalue weighted by Crippen LogP contribution is 1.94. The van der Waals surface area contributed by atoms with E-state index in [0.29, 0.717) is 6.54 Å². The number of rotatable bonds is 4. The topological polar surface area (TPSA) is 150 Å². The maximum atomic E-state index is 11.0. The lowest BCUT2D eigenvalue weighted by molar-refractivity contribution is -0.159. The van der Waals surface area contributed by atoms with Gasteiger partial charge in [-0.15, -0.1) is 0 Å². The van der Waals surface area contributed by atoms with Crippen molar-refractivity contribution in [1.82, 2.24) is 5.32 Å². The second-order valence-corrected chi connectivity index (χ2v) is 4.43. The van der Waals surface area contributed by atoms with Crippen molar-refractivity contribution >= 4 is 17.8 Å². The van der Waals surface area contributed by atoms with E-state index in [-0.39, 0.29) is 12.3 Å². The Bertz CT molecular complexity index is 283. The van der Waals surface area contributed by atoms with Gasteiger partial charge in [0, 0.05) is 12.1 Å². The molecule has 18 heavy (non-hydrogen) atoms. The van der Waals surface area contributed by atoms with E-state index >= 15 is 0 Å². The van der Waals surface area contributed by atoms with Crippen LogP contribution in [0.3, 0.4) is 0 Å². The molecule has 0 aliphatic carbocycles. The standard InChI is InChI=1S/C8H18N2O2.C2H2O4/c1-6(11)4-7(12)10-5-8(2,3)9;3-1(4)2(5)6/h6,11H,4-5,9H2,1-3H3,(H,10,12);(H,3,4)(H,5,6). The lowest BCUT2D eigenvalue weighted by Gasteiger charge is -2.19. The highest BCUT2D eigenvalue weighted by atomic mass is 16.4. The lowest BCUT2D eigenvalue weighted by Crippen LogP contribution is -2.45. The molecular weight excluding hydrogens is 244 g/mol. The van der Waals surface area contributed by atoms with Crippen molar-refractivity contribution in [3.63, 3.8) is 0 Å². The van der Waals surface area contributed by atoms with Gasteiger partial charge in [-0.3, -0.25) is 4.79 Å². The fourth-order valence-corrected chi connectivity index (χ4v) is 0.667. The maximum Gasteiger partial charge on any atom is 0.414 e. The molecule has 106 valence electrons. The molecule has 1 amide bonds. The van der Waals surface area contributed by atoms with Crippen molar-refractivity contribution in [1.29, 1.82) is 0 Å². The Balaban J connectivity index is 0. The van der Waals surface area contributed by atoms with E-state index in [1.807, 2.05) is 13.8 Å². The van der Waals surface area contributed by atoms with Crippen LogP contribution < -0.4 is 11.1 Å². The Kier molecular flexibility index (Phi) is 8.75. The van der Waals surface area contributed by atoms with Crippen LogP contribution in [0.5, 0.6) is 0 Å². The minimum Gasteiger partial charge on any atom is -0.473 e. The van der Waals surface area contributed by atoms with Gasteiger partial charge in [0.15, 0.2) is 0 Å². The highest BCUT2D eigenvalue weighted by Gasteiger charge is 2.12. The summed E-state index contributed by atoms with van der Waals surface area (Å²) in [7, 11) is 0. The van der Waals surface area contributed by atoms with Gasteiger partial charge in [0.1, 0.15) is 0 Å². The minimum absolute atomic E-state index is 0.135. The van der Waals surface area contributed by atoms with Crippen LogP contribution in [0.4, 0.5) is 0 Å². The molecule has 1 unspecified atom stereocenters. The number of hydrogen-bond donors (Lipinski definition) is 5. The summed E-state index contributed by atoms with van der Waals surface area (Å²) in [5.74, 6) is -3.81. The Hall–Kier alpha value is -1.67. The van der Waals surface area contributed by atoms with E-state index in [4.69, 9.17) is 30.6 Å². The van der Waals surface area contributed by atoms with E-state index in [1.165, 1.54) is 0 Å². The molecule has 0 aliphatic heterocycles. The molecule has 6 N–H and O–H groups in total. The van der Waals surface area contributed by atoms with Crippen LogP contribution >= 0.6 is 0 Å². The Morgan fingerprint density at radius 1 is 1.22 bits per heavy atom. The lowest BCUT2D eigenvalue weighted by atomic mass is 10.1. The first-order valence-electron chi connectivity index (χ1n) is 5.15. The molecule has 0 aromatic carbocycles. The van der Waals surface area contributed by atoms with Crippen molar-refractivity contribution in [2.75, 3.05) is 6.54 Å². The average molecular weight is 264 g/mol. The van der Waals surface area contributed by atoms with Crippen LogP contribution in [0.2, 0.25) is 0 Å². The molecule has 0 rings (SSSR count). The fourth-order valence-electron chi connectivity index (χ4n) is 0.667. The van der Waals surface area contributed by atoms with Gasteiger partial charge in [-0.1, -0.05) is 0 Å². The number of aliphatic hydroxyl groups is 1. The predicted molar refractivity (Wildman–Crippen MR) is 62.8 cm³/mol. The van der Waals surface area contributed by atoms with Gasteiger partial charge in [-0.05, 0) is 20.8 Å². The van der Waals surface area contributed by atoms with Gasteiger partial charge in [0.05, 0.1) is 12.5 Å². The molecule has 0 spiro atoms. The number of nitrogens with two attached hydrogens (primary N) is 1. The Morgan fingerprint density at radius 2 is 1.61 bits per heavy atom. The summed E-state index contributed by atoms with van der Waals surface area (Å²) in [6, 6.07) is 0. The highest BCUT2D eigenvalue weighted by molar-refractivity contribution is 6.27. The second kappa shape index (κ2) is 8.43. The molecule has 0 aromatic heterocycles. The molecule has 0 bridgehead atoms. The van der Waals surface area contributed by atoms with Crippen LogP contribution in [0.15, 0.2) is 0 Å². The number of nitrogens with one attached hydrogen (secondary N) is 1. The first-order chi connectivity index (χ1) is 7.95. The third-order valence-corrected chi connectivity index (χ3v) is 1.40. The number of carbonyl (C=O) groups is 3. The second-order valence-electron chi connectivity index (χ2n) is 4.43. The molecule has 0 aliphatic rings. The van der Waals surface area contributed by atoms with E-state index in [1.54, 1.807) is 6.92 Å². The normalized spacial score (nSPS) is 11.8. The molecule has 1 atom stereocenters. The number of amides is 1. The van der Waals surface area contributed by atoms with Crippen molar-refractivity contribution in [2.24, 2.45) is 5.73 Å². The Morgan fingerprint density at radius 3 is 1.83 bits per heavy atom. The largest absolute Gasteiger partial charge is 0.473 e. The number of hydrogen-bond acceptors (Lipinski definition) is 5. The third kappa shape index (κ3) is 16.7. The van der Waals surface area contributed by atoms with Crippen LogP contribution in [0, 0.1) is 0 Å². The number of carboxylic acid groups (broad SMARTS) is 2. The molecule has 0 fully saturated rings. The SMILES string of the molecule is CC(O)CC(=O)NCC(C)(C)N.O=C(O)C(=O)O. The van der Waals surface area contributed by atoms with Crippen LogP contribution in [0.1, 0.15) is 27.2 Å². The summed E-state index contributed by atoms with van der Waals surface area (Å²) in [6.45, 7) is 5.66. The van der Waals surface area contributed by atoms with Gasteiger partial charge in [0.25, 0.3) is 0 Å². The molecule has 8 nitrogen and oxygen atoms in total. The average Bonchev–Trinajstić information content (AvgIpc) is 2.13. The zero-order valence-electron chi connectivity index (χ0n) is 10.6. The molecule has 0 radical (unpaired) electrons. The van der Waals surface area contributed by atoms with Crippen LogP contribution in [-0.2, 0) is 14.4 Å². The monoisotopic (exact) mass is 264 g/mol. The minimum atomic E-state index is -1.82. The first kappa shape index (κ1) is 18.7. The molecule has 0 saturated carbocycles. The van der Waals surface area contributed by atoms with Crippen molar-refractivity contribution < 1.29 is 29.7 Å². The fraction of sp³-hybridized carbons (Fsp3) is 0.700. The summed E-state index contributed by atoms with van der Waals surface area (Å²) in [4.78, 5) is 29.2. The van der Waals surface area contributed by atoms with Crippen molar-refractivity contribution in [3.8, 4) is 0 Å². The Labute approximate surface area is 105 Å². The predicted octanol–water partition coefficient (Wildman–Crippen LogP) is -1.23. The van der Waals surface area contributed by atoms with Gasteiger partial charge in [-0.2, -0.15) is 0 Å². The zero-order valence-corrected chi connectivity index (χ0v) is 10.6. The zero-order chi connectivity index (χ0) is 14.9. The third-order valence-electron chi connectivity index (χ3n) is 1.40. The van der Waals surface area contributed by atoms with Crippen LogP contribution in [-0.4, -0.2) is 51.4 Å². The maximum absolute atomic E-state index is 11.0. The summed E-state index contributed by atoms with van der Waals surface area (Å²) in [5, 5.41) is 26.3.